The molecule has 0 spiro atoms. The zero-order valence-electron chi connectivity index (χ0n) is 9.74. The van der Waals surface area contributed by atoms with Crippen LogP contribution < -0.4 is 51.4 Å². The van der Waals surface area contributed by atoms with E-state index in [1.54, 1.807) is 25.3 Å². The standard InChI is InChI=1S/C13H9FN2.K/c1-9(11-4-3-5-13(14)6-11)12-7-15-10(2)16-8-12;/h1,3-7H,2H3;/q-2;+1. The van der Waals surface area contributed by atoms with E-state index in [1.165, 1.54) is 12.1 Å². The van der Waals surface area contributed by atoms with E-state index >= 15 is 0 Å². The number of nitrogens with zero attached hydrogens (tertiary/aromatic N) is 2. The fourth-order valence-electron chi connectivity index (χ4n) is 1.30. The van der Waals surface area contributed by atoms with Gasteiger partial charge in [0.15, 0.2) is 0 Å². The van der Waals surface area contributed by atoms with Gasteiger partial charge in [-0.05, 0) is 13.0 Å². The Labute approximate surface area is 142 Å². The van der Waals surface area contributed by atoms with Gasteiger partial charge in [-0.3, -0.25) is 12.2 Å². The van der Waals surface area contributed by atoms with Crippen molar-refractivity contribution >= 4 is 5.57 Å². The van der Waals surface area contributed by atoms with Crippen molar-refractivity contribution in [1.82, 2.24) is 9.97 Å². The maximum absolute atomic E-state index is 13.0. The van der Waals surface area contributed by atoms with E-state index in [0.717, 1.165) is 0 Å². The van der Waals surface area contributed by atoms with E-state index in [9.17, 15) is 4.39 Å². The molecule has 0 radical (unpaired) electrons. The first-order valence-corrected chi connectivity index (χ1v) is 4.77. The molecule has 1 aromatic heterocycles. The molecule has 0 aliphatic rings. The second-order valence-corrected chi connectivity index (χ2v) is 3.37. The molecule has 2 nitrogen and oxygen atoms in total. The van der Waals surface area contributed by atoms with Crippen LogP contribution in [0.4, 0.5) is 4.39 Å². The van der Waals surface area contributed by atoms with E-state index in [4.69, 9.17) is 6.58 Å². The predicted octanol–water partition coefficient (Wildman–Crippen LogP) is -0.407. The third-order valence-corrected chi connectivity index (χ3v) is 2.14. The van der Waals surface area contributed by atoms with Crippen LogP contribution in [0.15, 0.2) is 30.5 Å². The molecule has 4 heteroatoms. The molecule has 0 fully saturated rings. The minimum atomic E-state index is -0.325. The van der Waals surface area contributed by atoms with Gasteiger partial charge >= 0.3 is 51.4 Å². The summed E-state index contributed by atoms with van der Waals surface area (Å²) in [6, 6.07) is 6.06. The third-order valence-electron chi connectivity index (χ3n) is 2.14. The van der Waals surface area contributed by atoms with Crippen LogP contribution in [0.1, 0.15) is 17.0 Å². The van der Waals surface area contributed by atoms with Crippen molar-refractivity contribution in [2.24, 2.45) is 0 Å². The van der Waals surface area contributed by atoms with Crippen LogP contribution in [0, 0.1) is 25.5 Å². The van der Waals surface area contributed by atoms with Gasteiger partial charge in [0, 0.05) is 5.82 Å². The summed E-state index contributed by atoms with van der Waals surface area (Å²) in [5.41, 5.74) is 1.58. The summed E-state index contributed by atoms with van der Waals surface area (Å²) < 4.78 is 13.0. The summed E-state index contributed by atoms with van der Waals surface area (Å²) in [7, 11) is 0. The summed E-state index contributed by atoms with van der Waals surface area (Å²) >= 11 is 0. The van der Waals surface area contributed by atoms with Crippen molar-refractivity contribution in [3.05, 3.63) is 66.0 Å². The maximum Gasteiger partial charge on any atom is 1.00 e. The van der Waals surface area contributed by atoms with Gasteiger partial charge in [-0.1, -0.05) is 12.1 Å². The number of benzene rings is 1. The first-order valence-electron chi connectivity index (χ1n) is 4.77. The first kappa shape index (κ1) is 14.7. The predicted molar refractivity (Wildman–Crippen MR) is 58.8 cm³/mol. The Bertz CT molecular complexity index is 523. The molecule has 0 saturated heterocycles. The molecule has 0 atom stereocenters. The molecular formula is C13H9FKN2-. The van der Waals surface area contributed by atoms with Crippen LogP contribution in [0.3, 0.4) is 0 Å². The monoisotopic (exact) mass is 251 g/mol. The van der Waals surface area contributed by atoms with Crippen LogP contribution in [-0.4, -0.2) is 9.97 Å². The molecule has 0 bridgehead atoms. The van der Waals surface area contributed by atoms with E-state index < -0.39 is 0 Å². The molecule has 0 aliphatic carbocycles. The Morgan fingerprint density at radius 1 is 1.41 bits per heavy atom. The van der Waals surface area contributed by atoms with Gasteiger partial charge in [-0.15, -0.1) is 18.5 Å². The number of aromatic nitrogens is 2. The minimum absolute atomic E-state index is 0. The number of halogens is 1. The molecule has 0 saturated carbocycles. The number of hydrogen-bond donors (Lipinski definition) is 0. The average molecular weight is 251 g/mol. The first-order chi connectivity index (χ1) is 7.66. The Hall–Kier alpha value is -0.394. The van der Waals surface area contributed by atoms with Crippen molar-refractivity contribution in [1.29, 1.82) is 0 Å². The quantitative estimate of drug-likeness (QED) is 0.536. The summed E-state index contributed by atoms with van der Waals surface area (Å²) in [6.45, 7) is 7.64. The molecular weight excluding hydrogens is 242 g/mol. The average Bonchev–Trinajstić information content (AvgIpc) is 2.29. The molecule has 0 unspecified atom stereocenters. The van der Waals surface area contributed by atoms with Gasteiger partial charge in [0.2, 0.25) is 0 Å². The van der Waals surface area contributed by atoms with E-state index in [-0.39, 0.29) is 57.2 Å². The second-order valence-electron chi connectivity index (χ2n) is 3.37. The van der Waals surface area contributed by atoms with E-state index in [0.29, 0.717) is 22.5 Å². The van der Waals surface area contributed by atoms with Crippen molar-refractivity contribution in [3.63, 3.8) is 0 Å². The Balaban J connectivity index is 0.00000144. The zero-order chi connectivity index (χ0) is 11.5. The van der Waals surface area contributed by atoms with Crippen LogP contribution in [-0.2, 0) is 0 Å². The van der Waals surface area contributed by atoms with Crippen molar-refractivity contribution < 1.29 is 55.8 Å². The molecule has 0 N–H and O–H groups in total. The van der Waals surface area contributed by atoms with Crippen molar-refractivity contribution in [2.75, 3.05) is 0 Å². The summed E-state index contributed by atoms with van der Waals surface area (Å²) in [4.78, 5) is 7.93. The van der Waals surface area contributed by atoms with E-state index in [1.807, 2.05) is 0 Å². The zero-order valence-corrected chi connectivity index (χ0v) is 12.9. The van der Waals surface area contributed by atoms with Crippen LogP contribution in [0.25, 0.3) is 5.57 Å². The fraction of sp³-hybridized carbons (Fsp3) is 0.0769. The summed E-state index contributed by atoms with van der Waals surface area (Å²) in [5, 5.41) is 0. The van der Waals surface area contributed by atoms with Crippen molar-refractivity contribution in [3.8, 4) is 0 Å². The van der Waals surface area contributed by atoms with E-state index in [2.05, 4.69) is 16.2 Å². The van der Waals surface area contributed by atoms with Crippen LogP contribution in [0.5, 0.6) is 0 Å². The smallest absolute Gasteiger partial charge is 0.353 e. The molecule has 0 amide bonds. The Morgan fingerprint density at radius 2 is 2.18 bits per heavy atom. The van der Waals surface area contributed by atoms with Gasteiger partial charge in [-0.25, -0.2) is 9.95 Å². The largest absolute Gasteiger partial charge is 1.00 e. The fourth-order valence-corrected chi connectivity index (χ4v) is 1.30. The molecule has 2 rings (SSSR count). The SMILES string of the molecule is [CH-]=C(c1[c-]nc(C)nc1)c1cccc(F)c1.[K+]. The molecule has 0 aliphatic heterocycles. The second kappa shape index (κ2) is 6.52. The minimum Gasteiger partial charge on any atom is -0.353 e. The van der Waals surface area contributed by atoms with Crippen LogP contribution >= 0.6 is 0 Å². The van der Waals surface area contributed by atoms with Gasteiger partial charge in [-0.2, -0.15) is 5.56 Å². The molecule has 1 heterocycles. The third kappa shape index (κ3) is 3.79. The van der Waals surface area contributed by atoms with Gasteiger partial charge in [0.1, 0.15) is 5.82 Å². The Morgan fingerprint density at radius 3 is 2.76 bits per heavy atom. The van der Waals surface area contributed by atoms with Crippen LogP contribution in [0.2, 0.25) is 0 Å². The van der Waals surface area contributed by atoms with Gasteiger partial charge < -0.3 is 9.97 Å². The molecule has 1 aromatic carbocycles. The number of rotatable bonds is 2. The maximum atomic E-state index is 13.0. The molecule has 17 heavy (non-hydrogen) atoms. The normalized spacial score (nSPS) is 9.53. The van der Waals surface area contributed by atoms with Gasteiger partial charge in [0.25, 0.3) is 0 Å². The number of aryl methyl sites for hydroxylation is 1. The molecule has 2 aromatic rings. The summed E-state index contributed by atoms with van der Waals surface area (Å²) in [6.07, 6.45) is 4.33. The van der Waals surface area contributed by atoms with Crippen molar-refractivity contribution in [2.45, 2.75) is 6.92 Å². The van der Waals surface area contributed by atoms with Gasteiger partial charge in [0.05, 0.1) is 0 Å². The topological polar surface area (TPSA) is 25.8 Å². The summed E-state index contributed by atoms with van der Waals surface area (Å²) in [5.74, 6) is 0.296. The molecule has 80 valence electrons. The Kier molecular flexibility index (Phi) is 5.62. The number of hydrogen-bond acceptors (Lipinski definition) is 2.